The number of methoxy groups -OCH3 is 9. The number of carboxylic acids is 1. The molecule has 4 aromatic carbocycles. The van der Waals surface area contributed by atoms with E-state index in [2.05, 4.69) is 0 Å². The molecular weight excluding hydrogens is 697 g/mol. The van der Waals surface area contributed by atoms with Crippen LogP contribution in [0.3, 0.4) is 0 Å². The first-order valence-electron chi connectivity index (χ1n) is 15.4. The van der Waals surface area contributed by atoms with Crippen molar-refractivity contribution in [2.45, 2.75) is 0 Å². The fraction of sp³-hybridized carbons (Fsp3) is 0.270. The van der Waals surface area contributed by atoms with E-state index in [1.807, 2.05) is 0 Å². The average molecular weight is 738 g/mol. The molecule has 0 aliphatic carbocycles. The number of carbonyl (C=O) groups is 3. The quantitative estimate of drug-likeness (QED) is 0.147. The van der Waals surface area contributed by atoms with Crippen LogP contribution < -0.4 is 58.5 Å². The highest BCUT2D eigenvalue weighted by Gasteiger charge is 2.37. The summed E-state index contributed by atoms with van der Waals surface area (Å²) >= 11 is 0. The van der Waals surface area contributed by atoms with Crippen LogP contribution in [-0.2, 0) is 4.79 Å². The Bertz CT molecular complexity index is 1690. The van der Waals surface area contributed by atoms with Gasteiger partial charge in [-0.2, -0.15) is 0 Å². The van der Waals surface area contributed by atoms with E-state index in [0.29, 0.717) is 51.7 Å². The molecule has 1 aliphatic rings. The number of rotatable bonds is 14. The van der Waals surface area contributed by atoms with Crippen molar-refractivity contribution in [3.05, 3.63) is 71.8 Å². The minimum atomic E-state index is -1.57. The highest BCUT2D eigenvalue weighted by atomic mass is 31.1. The number of hydrogen-bond acceptors (Lipinski definition) is 12. The number of carboxylic acid groups (broad SMARTS) is 1. The lowest BCUT2D eigenvalue weighted by Crippen LogP contribution is -2.34. The van der Waals surface area contributed by atoms with E-state index in [1.165, 1.54) is 12.1 Å². The number of nitrogens with zero attached hydrogens (tertiary/aromatic N) is 1. The highest BCUT2D eigenvalue weighted by molar-refractivity contribution is 7.81. The van der Waals surface area contributed by atoms with E-state index in [0.717, 1.165) is 20.8 Å². The summed E-state index contributed by atoms with van der Waals surface area (Å²) in [5.74, 6) is 2.71. The van der Waals surface area contributed by atoms with Crippen LogP contribution in [0.15, 0.2) is 60.7 Å². The zero-order valence-electron chi connectivity index (χ0n) is 30.2. The van der Waals surface area contributed by atoms with Gasteiger partial charge in [-0.05, 0) is 12.1 Å². The molecule has 0 unspecified atom stereocenters. The third kappa shape index (κ3) is 7.71. The third-order valence-electron chi connectivity index (χ3n) is 7.91. The third-order valence-corrected chi connectivity index (χ3v) is 10.6. The molecule has 0 radical (unpaired) electrons. The Morgan fingerprint density at radius 2 is 0.788 bits per heavy atom. The van der Waals surface area contributed by atoms with Gasteiger partial charge < -0.3 is 47.7 Å². The number of imide groups is 1. The molecule has 5 rings (SSSR count). The van der Waals surface area contributed by atoms with Gasteiger partial charge in [-0.3, -0.25) is 19.3 Å². The number of carbonyl (C=O) groups excluding carboxylic acids is 2. The fourth-order valence-corrected chi connectivity index (χ4v) is 8.40. The summed E-state index contributed by atoms with van der Waals surface area (Å²) < 4.78 is 51.8. The zero-order chi connectivity index (χ0) is 38.1. The van der Waals surface area contributed by atoms with Gasteiger partial charge in [0.2, 0.25) is 0 Å². The molecule has 0 spiro atoms. The maximum absolute atomic E-state index is 11.6. The summed E-state index contributed by atoms with van der Waals surface area (Å²) in [5, 5.41) is 10.8. The van der Waals surface area contributed by atoms with E-state index in [9.17, 15) is 14.4 Å². The van der Waals surface area contributed by atoms with E-state index >= 15 is 0 Å². The molecular formula is C37H40NO13P. The molecule has 0 saturated heterocycles. The van der Waals surface area contributed by atoms with Gasteiger partial charge in [-0.15, -0.1) is 0 Å². The molecule has 2 amide bonds. The van der Waals surface area contributed by atoms with Gasteiger partial charge in [-0.1, -0.05) is 12.1 Å². The molecule has 1 N–H and O–H groups in total. The van der Waals surface area contributed by atoms with Crippen LogP contribution in [0.5, 0.6) is 51.7 Å². The minimum Gasteiger partial charge on any atom is -0.496 e. The number of benzene rings is 4. The Morgan fingerprint density at radius 3 is 1.00 bits per heavy atom. The second-order valence-corrected chi connectivity index (χ2v) is 12.6. The molecule has 4 aromatic rings. The van der Waals surface area contributed by atoms with Crippen LogP contribution in [0.2, 0.25) is 0 Å². The summed E-state index contributed by atoms with van der Waals surface area (Å²) in [5.41, 5.74) is 0.535. The van der Waals surface area contributed by atoms with Gasteiger partial charge in [0.1, 0.15) is 58.3 Å². The summed E-state index contributed by atoms with van der Waals surface area (Å²) in [6.45, 7) is -0.591. The van der Waals surface area contributed by atoms with Crippen LogP contribution >= 0.6 is 7.92 Å². The normalized spacial score (nSPS) is 11.6. The second-order valence-electron chi connectivity index (χ2n) is 10.6. The van der Waals surface area contributed by atoms with Gasteiger partial charge in [0.05, 0.1) is 91.0 Å². The molecule has 276 valence electrons. The molecule has 14 nitrogen and oxygen atoms in total. The molecule has 0 aromatic heterocycles. The smallest absolute Gasteiger partial charge is 0.323 e. The Morgan fingerprint density at radius 1 is 0.519 bits per heavy atom. The molecule has 0 fully saturated rings. The van der Waals surface area contributed by atoms with Gasteiger partial charge in [0, 0.05) is 44.3 Å². The van der Waals surface area contributed by atoms with Crippen LogP contribution in [0.4, 0.5) is 0 Å². The molecule has 0 bridgehead atoms. The maximum Gasteiger partial charge on any atom is 0.323 e. The summed E-state index contributed by atoms with van der Waals surface area (Å²) in [6.07, 6.45) is 0. The van der Waals surface area contributed by atoms with Crippen molar-refractivity contribution in [3.8, 4) is 51.7 Å². The molecule has 0 saturated carbocycles. The van der Waals surface area contributed by atoms with E-state index < -0.39 is 32.3 Å². The lowest BCUT2D eigenvalue weighted by molar-refractivity contribution is -0.137. The number of ether oxygens (including phenoxy) is 9. The molecule has 52 heavy (non-hydrogen) atoms. The van der Waals surface area contributed by atoms with Crippen molar-refractivity contribution in [1.29, 1.82) is 0 Å². The molecule has 1 heterocycles. The summed E-state index contributed by atoms with van der Waals surface area (Å²) in [6, 6.07) is 17.1. The Balaban J connectivity index is 0.000000334. The predicted octanol–water partition coefficient (Wildman–Crippen LogP) is 3.89. The first-order chi connectivity index (χ1) is 25.0. The summed E-state index contributed by atoms with van der Waals surface area (Å²) in [7, 11) is 12.7. The first kappa shape index (κ1) is 38.9. The van der Waals surface area contributed by atoms with Crippen molar-refractivity contribution in [1.82, 2.24) is 4.90 Å². The predicted molar refractivity (Wildman–Crippen MR) is 194 cm³/mol. The average Bonchev–Trinajstić information content (AvgIpc) is 3.41. The maximum atomic E-state index is 11.6. The largest absolute Gasteiger partial charge is 0.496 e. The molecule has 0 atom stereocenters. The monoisotopic (exact) mass is 737 g/mol. The minimum absolute atomic E-state index is 0.267. The SMILES string of the molecule is COc1cc(OC)c(P(c2c(OC)cc(OC)cc2OC)c2c(OC)cc(OC)cc2OC)c(OC)c1.O=C(O)CN1C(=O)c2ccccc2C1=O. The zero-order valence-corrected chi connectivity index (χ0v) is 31.1. The van der Waals surface area contributed by atoms with E-state index in [1.54, 1.807) is 113 Å². The van der Waals surface area contributed by atoms with Crippen molar-refractivity contribution in [2.75, 3.05) is 70.5 Å². The van der Waals surface area contributed by atoms with Crippen LogP contribution in [0.1, 0.15) is 20.7 Å². The van der Waals surface area contributed by atoms with Gasteiger partial charge >= 0.3 is 5.97 Å². The van der Waals surface area contributed by atoms with Crippen LogP contribution in [-0.4, -0.2) is 98.3 Å². The highest BCUT2D eigenvalue weighted by Crippen LogP contribution is 2.51. The van der Waals surface area contributed by atoms with Crippen LogP contribution in [0, 0.1) is 0 Å². The first-order valence-corrected chi connectivity index (χ1v) is 16.8. The Labute approximate surface area is 302 Å². The number of amides is 2. The topological polar surface area (TPSA) is 158 Å². The Kier molecular flexibility index (Phi) is 13.0. The second kappa shape index (κ2) is 17.4. The number of hydrogen-bond donors (Lipinski definition) is 1. The molecule has 15 heteroatoms. The van der Waals surface area contributed by atoms with Crippen molar-refractivity contribution < 1.29 is 62.1 Å². The van der Waals surface area contributed by atoms with Gasteiger partial charge in [0.15, 0.2) is 0 Å². The number of fused-ring (bicyclic) bond motifs is 1. The van der Waals surface area contributed by atoms with Gasteiger partial charge in [-0.25, -0.2) is 0 Å². The van der Waals surface area contributed by atoms with E-state index in [-0.39, 0.29) is 11.1 Å². The molecule has 1 aliphatic heterocycles. The van der Waals surface area contributed by atoms with Crippen molar-refractivity contribution in [2.24, 2.45) is 0 Å². The lowest BCUT2D eigenvalue weighted by atomic mass is 10.1. The number of aliphatic carboxylic acids is 1. The standard InChI is InChI=1S/C27H33O9P.C10H7NO4/c1-28-16-10-19(31-4)25(20(11-16)32-5)37(26-21(33-6)12-17(29-2)13-22(26)34-7)27-23(35-8)14-18(30-3)15-24(27)36-9;12-8(13)5-11-9(14)6-3-1-2-4-7(6)10(11)15/h10-15H,1-9H3;1-4H,5H2,(H,12,13). The van der Waals surface area contributed by atoms with Crippen LogP contribution in [0.25, 0.3) is 0 Å². The Hall–Kier alpha value is -5.88. The fourth-order valence-electron chi connectivity index (χ4n) is 5.48. The lowest BCUT2D eigenvalue weighted by Gasteiger charge is -2.29. The van der Waals surface area contributed by atoms with E-state index in [4.69, 9.17) is 47.7 Å². The summed E-state index contributed by atoms with van der Waals surface area (Å²) in [4.78, 5) is 34.3. The van der Waals surface area contributed by atoms with Crippen molar-refractivity contribution in [3.63, 3.8) is 0 Å². The van der Waals surface area contributed by atoms with Crippen molar-refractivity contribution >= 4 is 41.6 Å². The van der Waals surface area contributed by atoms with Gasteiger partial charge in [0.25, 0.3) is 11.8 Å².